The Morgan fingerprint density at radius 1 is 0.744 bits per heavy atom. The second kappa shape index (κ2) is 11.1. The van der Waals surface area contributed by atoms with Crippen molar-refractivity contribution in [3.05, 3.63) is 154 Å². The lowest BCUT2D eigenvalue weighted by molar-refractivity contribution is 0.821. The molecule has 0 spiro atoms. The molecule has 5 heteroatoms. The van der Waals surface area contributed by atoms with Gasteiger partial charge in [-0.25, -0.2) is 4.98 Å². The summed E-state index contributed by atoms with van der Waals surface area (Å²) in [6.45, 7) is 8.38. The van der Waals surface area contributed by atoms with Crippen LogP contribution in [-0.4, -0.2) is 9.55 Å². The predicted molar refractivity (Wildman–Crippen MR) is 169 cm³/mol. The van der Waals surface area contributed by atoms with Crippen molar-refractivity contribution in [3.63, 3.8) is 0 Å². The van der Waals surface area contributed by atoms with Crippen LogP contribution in [0, 0.1) is 34.0 Å². The highest BCUT2D eigenvalue weighted by Crippen LogP contribution is 2.53. The van der Waals surface area contributed by atoms with E-state index in [0.29, 0.717) is 22.3 Å². The molecule has 43 heavy (non-hydrogen) atoms. The highest BCUT2D eigenvalue weighted by atomic mass is 15.1. The van der Waals surface area contributed by atoms with Crippen molar-refractivity contribution in [2.24, 2.45) is 0 Å². The molecule has 0 saturated carbocycles. The average molecular weight is 554 g/mol. The van der Waals surface area contributed by atoms with Crippen LogP contribution >= 0.6 is 0 Å². The molecule has 2 atom stereocenters. The van der Waals surface area contributed by atoms with Gasteiger partial charge in [-0.05, 0) is 64.2 Å². The summed E-state index contributed by atoms with van der Waals surface area (Å²) in [5.41, 5.74) is 9.16. The van der Waals surface area contributed by atoms with E-state index >= 15 is 0 Å². The molecule has 204 valence electrons. The summed E-state index contributed by atoms with van der Waals surface area (Å²) in [5.74, 6) is -0.0266. The number of nitrogens with zero attached hydrogens (tertiary/aromatic N) is 5. The van der Waals surface area contributed by atoms with Crippen LogP contribution in [0.25, 0.3) is 28.1 Å². The zero-order valence-corrected chi connectivity index (χ0v) is 23.9. The van der Waals surface area contributed by atoms with Gasteiger partial charge in [0.25, 0.3) is 0 Å². The minimum atomic E-state index is -0.539. The van der Waals surface area contributed by atoms with Crippen LogP contribution in [0.5, 0.6) is 0 Å². The van der Waals surface area contributed by atoms with Crippen molar-refractivity contribution < 1.29 is 0 Å². The summed E-state index contributed by atoms with van der Waals surface area (Å²) < 4.78 is 2.17. The molecular weight excluding hydrogens is 526 g/mol. The molecule has 0 N–H and O–H groups in total. The summed E-state index contributed by atoms with van der Waals surface area (Å²) >= 11 is 0. The van der Waals surface area contributed by atoms with Crippen molar-refractivity contribution in [1.29, 1.82) is 15.8 Å². The Morgan fingerprint density at radius 2 is 1.47 bits per heavy atom. The molecule has 2 aliphatic carbocycles. The van der Waals surface area contributed by atoms with Gasteiger partial charge < -0.3 is 0 Å². The number of aromatic nitrogens is 2. The highest BCUT2D eigenvalue weighted by molar-refractivity contribution is 5.85. The summed E-state index contributed by atoms with van der Waals surface area (Å²) in [4.78, 5) is 5.05. The maximum atomic E-state index is 10.4. The number of imidazole rings is 1. The maximum Gasteiger partial charge on any atom is 0.145 e. The number of benzene rings is 4. The van der Waals surface area contributed by atoms with E-state index in [0.717, 1.165) is 50.4 Å². The molecule has 0 amide bonds. The van der Waals surface area contributed by atoms with Gasteiger partial charge in [0, 0.05) is 17.4 Å². The number of para-hydroxylation sites is 2. The third-order valence-electron chi connectivity index (χ3n) is 8.08. The normalized spacial score (nSPS) is 18.1. The molecule has 2 bridgehead atoms. The van der Waals surface area contributed by atoms with E-state index in [1.165, 1.54) is 0 Å². The molecule has 1 heterocycles. The van der Waals surface area contributed by atoms with E-state index in [1.54, 1.807) is 12.1 Å². The van der Waals surface area contributed by atoms with Crippen molar-refractivity contribution >= 4 is 11.0 Å². The van der Waals surface area contributed by atoms with Crippen molar-refractivity contribution in [3.8, 4) is 35.3 Å². The Bertz CT molecular complexity index is 2110. The molecule has 0 saturated heterocycles. The fraction of sp³-hybridized carbons (Fsp3) is 0.105. The lowest BCUT2D eigenvalue weighted by Gasteiger charge is -2.36. The first-order valence-corrected chi connectivity index (χ1v) is 14.3. The van der Waals surface area contributed by atoms with Gasteiger partial charge >= 0.3 is 0 Å². The van der Waals surface area contributed by atoms with Gasteiger partial charge in [0.05, 0.1) is 51.6 Å². The second-order valence-electron chi connectivity index (χ2n) is 10.1. The van der Waals surface area contributed by atoms with Gasteiger partial charge in [-0.1, -0.05) is 87.2 Å². The topological polar surface area (TPSA) is 89.2 Å². The minimum Gasteiger partial charge on any atom is -0.292 e. The molecule has 0 radical (unpaired) electrons. The van der Waals surface area contributed by atoms with Crippen molar-refractivity contribution in [2.45, 2.75) is 25.7 Å². The van der Waals surface area contributed by atoms with E-state index in [2.05, 4.69) is 41.5 Å². The van der Waals surface area contributed by atoms with E-state index in [1.807, 2.05) is 92.7 Å². The number of nitriles is 3. The van der Waals surface area contributed by atoms with Crippen LogP contribution < -0.4 is 0 Å². The van der Waals surface area contributed by atoms with Crippen molar-refractivity contribution in [1.82, 2.24) is 9.55 Å². The lowest BCUT2D eigenvalue weighted by Crippen LogP contribution is -2.23. The molecule has 0 fully saturated rings. The summed E-state index contributed by atoms with van der Waals surface area (Å²) in [5, 5.41) is 30.6. The van der Waals surface area contributed by atoms with E-state index in [4.69, 9.17) is 4.98 Å². The smallest absolute Gasteiger partial charge is 0.145 e. The van der Waals surface area contributed by atoms with Gasteiger partial charge in [0.1, 0.15) is 5.82 Å². The van der Waals surface area contributed by atoms with Crippen LogP contribution in [0.2, 0.25) is 0 Å². The van der Waals surface area contributed by atoms with Crippen molar-refractivity contribution in [2.75, 3.05) is 0 Å². The summed E-state index contributed by atoms with van der Waals surface area (Å²) in [7, 11) is 0. The molecule has 4 aromatic carbocycles. The molecule has 5 nitrogen and oxygen atoms in total. The van der Waals surface area contributed by atoms with Crippen LogP contribution in [0.15, 0.2) is 121 Å². The number of rotatable bonds is 2. The monoisotopic (exact) mass is 553 g/mol. The number of hydrogen-bond donors (Lipinski definition) is 0. The molecule has 1 aromatic heterocycles. The third kappa shape index (κ3) is 4.17. The number of hydrogen-bond acceptors (Lipinski definition) is 4. The van der Waals surface area contributed by atoms with E-state index in [-0.39, 0.29) is 5.92 Å². The van der Waals surface area contributed by atoms with Crippen LogP contribution in [0.4, 0.5) is 0 Å². The Morgan fingerprint density at radius 3 is 2.21 bits per heavy atom. The van der Waals surface area contributed by atoms with Gasteiger partial charge in [-0.2, -0.15) is 15.8 Å². The Balaban J connectivity index is 0.00000161. The summed E-state index contributed by atoms with van der Waals surface area (Å²) in [6, 6.07) is 34.7. The Labute approximate surface area is 251 Å². The standard InChI is InChI=1S/C36H21N5.C2H6/c1-22-24(19-37)11-7-14-28-27-13-8-12-25(20-38)33(27)32(22)34-26(21-39)17-18-31(35(28)34)41-30-16-6-5-15-29(30)40-36(41)23-9-3-2-4-10-23;1-2/h2-18,28,32H,1H2;1-2H3/b14-7-,24-11-;. The maximum absolute atomic E-state index is 10.4. The quantitative estimate of drug-likeness (QED) is 0.219. The van der Waals surface area contributed by atoms with E-state index < -0.39 is 5.92 Å². The van der Waals surface area contributed by atoms with Gasteiger partial charge in [-0.3, -0.25) is 4.57 Å². The fourth-order valence-corrected chi connectivity index (χ4v) is 6.36. The van der Waals surface area contributed by atoms with Gasteiger partial charge in [-0.15, -0.1) is 0 Å². The predicted octanol–water partition coefficient (Wildman–Crippen LogP) is 8.62. The van der Waals surface area contributed by atoms with E-state index in [9.17, 15) is 15.8 Å². The molecule has 2 aliphatic rings. The third-order valence-corrected chi connectivity index (χ3v) is 8.08. The zero-order valence-electron chi connectivity index (χ0n) is 23.9. The first kappa shape index (κ1) is 27.2. The van der Waals surface area contributed by atoms with Crippen LogP contribution in [0.1, 0.15) is 59.1 Å². The second-order valence-corrected chi connectivity index (χ2v) is 10.1. The zero-order chi connectivity index (χ0) is 30.1. The molecule has 7 rings (SSSR count). The molecule has 5 aromatic rings. The van der Waals surface area contributed by atoms with Crippen LogP contribution in [-0.2, 0) is 0 Å². The average Bonchev–Trinajstić information content (AvgIpc) is 3.49. The largest absolute Gasteiger partial charge is 0.292 e. The Kier molecular flexibility index (Phi) is 7.05. The fourth-order valence-electron chi connectivity index (χ4n) is 6.36. The SMILES string of the molecule is C=C1/C(C#N)=C\C=C/C2c3cccc(C#N)c3C1c1c(C#N)ccc(-n3c(-c4ccccc4)nc4ccccc43)c12.CC. The summed E-state index contributed by atoms with van der Waals surface area (Å²) in [6.07, 6.45) is 5.72. The first-order chi connectivity index (χ1) is 21.2. The minimum absolute atomic E-state index is 0.278. The Hall–Kier alpha value is -5.96. The number of allylic oxidation sites excluding steroid dienone is 5. The molecule has 2 unspecified atom stereocenters. The van der Waals surface area contributed by atoms with Crippen LogP contribution in [0.3, 0.4) is 0 Å². The highest BCUT2D eigenvalue weighted by Gasteiger charge is 2.39. The molecular formula is C38H27N5. The lowest BCUT2D eigenvalue weighted by atomic mass is 9.66. The van der Waals surface area contributed by atoms with Gasteiger partial charge in [0.15, 0.2) is 0 Å². The van der Waals surface area contributed by atoms with Gasteiger partial charge in [0.2, 0.25) is 0 Å². The first-order valence-electron chi connectivity index (χ1n) is 14.3. The number of fused-ring (bicyclic) bond motifs is 4. The molecule has 0 aliphatic heterocycles.